The van der Waals surface area contributed by atoms with E-state index in [-0.39, 0.29) is 17.5 Å². The van der Waals surface area contributed by atoms with Crippen molar-refractivity contribution in [2.45, 2.75) is 12.8 Å². The minimum Gasteiger partial charge on any atom is -0.396 e. The zero-order valence-electron chi connectivity index (χ0n) is 11.3. The van der Waals surface area contributed by atoms with Crippen LogP contribution in [-0.2, 0) is 9.59 Å². The molecule has 0 radical (unpaired) electrons. The fourth-order valence-corrected chi connectivity index (χ4v) is 2.59. The van der Waals surface area contributed by atoms with Gasteiger partial charge in [-0.1, -0.05) is 29.3 Å². The van der Waals surface area contributed by atoms with Crippen LogP contribution in [0, 0.1) is 5.92 Å². The van der Waals surface area contributed by atoms with Gasteiger partial charge in [0.1, 0.15) is 0 Å². The smallest absolute Gasteiger partial charge is 0.313 e. The van der Waals surface area contributed by atoms with Crippen LogP contribution in [0.5, 0.6) is 0 Å². The van der Waals surface area contributed by atoms with Gasteiger partial charge in [-0.25, -0.2) is 0 Å². The van der Waals surface area contributed by atoms with E-state index in [1.54, 1.807) is 18.2 Å². The monoisotopic (exact) mass is 330 g/mol. The lowest BCUT2D eigenvalue weighted by atomic mass is 9.98. The maximum absolute atomic E-state index is 12.1. The molecule has 7 heteroatoms. The SMILES string of the molecule is O=C(Nc1cccc(Cl)c1Cl)C(=O)N1CCC(CO)CC1. The maximum atomic E-state index is 12.1. The largest absolute Gasteiger partial charge is 0.396 e. The molecular weight excluding hydrogens is 315 g/mol. The molecule has 2 amide bonds. The first-order chi connectivity index (χ1) is 10.0. The van der Waals surface area contributed by atoms with Crippen LogP contribution in [0.2, 0.25) is 10.0 Å². The Bertz CT molecular complexity index is 543. The first-order valence-corrected chi connectivity index (χ1v) is 7.43. The van der Waals surface area contributed by atoms with Crippen LogP contribution in [0.15, 0.2) is 18.2 Å². The van der Waals surface area contributed by atoms with E-state index in [1.807, 2.05) is 0 Å². The van der Waals surface area contributed by atoms with Gasteiger partial charge < -0.3 is 15.3 Å². The molecule has 5 nitrogen and oxygen atoms in total. The highest BCUT2D eigenvalue weighted by Crippen LogP contribution is 2.29. The summed E-state index contributed by atoms with van der Waals surface area (Å²) in [5.41, 5.74) is 0.313. The summed E-state index contributed by atoms with van der Waals surface area (Å²) in [6.45, 7) is 1.06. The van der Waals surface area contributed by atoms with Gasteiger partial charge in [0.15, 0.2) is 0 Å². The Morgan fingerprint density at radius 3 is 2.57 bits per heavy atom. The van der Waals surface area contributed by atoms with E-state index in [0.717, 1.165) is 0 Å². The molecule has 0 atom stereocenters. The number of nitrogens with one attached hydrogen (secondary N) is 1. The third-order valence-corrected chi connectivity index (χ3v) is 4.37. The Morgan fingerprint density at radius 2 is 1.95 bits per heavy atom. The molecule has 1 fully saturated rings. The number of anilines is 1. The number of hydrogen-bond acceptors (Lipinski definition) is 3. The molecule has 0 aromatic heterocycles. The third-order valence-electron chi connectivity index (χ3n) is 3.55. The van der Waals surface area contributed by atoms with E-state index in [4.69, 9.17) is 28.3 Å². The average molecular weight is 331 g/mol. The molecule has 1 aliphatic heterocycles. The molecule has 2 N–H and O–H groups in total. The molecule has 0 spiro atoms. The molecule has 1 aromatic rings. The molecular formula is C14H16Cl2N2O3. The summed E-state index contributed by atoms with van der Waals surface area (Å²) in [5, 5.41) is 12.1. The molecule has 0 saturated carbocycles. The van der Waals surface area contributed by atoms with Gasteiger partial charge in [-0.2, -0.15) is 0 Å². The standard InChI is InChI=1S/C14H16Cl2N2O3/c15-10-2-1-3-11(12(10)16)17-13(20)14(21)18-6-4-9(8-19)5-7-18/h1-3,9,19H,4-8H2,(H,17,20). The topological polar surface area (TPSA) is 69.6 Å². The van der Waals surface area contributed by atoms with Gasteiger partial charge in [-0.3, -0.25) is 9.59 Å². The van der Waals surface area contributed by atoms with Crippen molar-refractivity contribution in [3.05, 3.63) is 28.2 Å². The van der Waals surface area contributed by atoms with E-state index in [0.29, 0.717) is 36.6 Å². The number of hydrogen-bond donors (Lipinski definition) is 2. The maximum Gasteiger partial charge on any atom is 0.313 e. The zero-order valence-corrected chi connectivity index (χ0v) is 12.8. The lowest BCUT2D eigenvalue weighted by Gasteiger charge is -2.30. The molecule has 1 aromatic carbocycles. The van der Waals surface area contributed by atoms with Gasteiger partial charge in [0.25, 0.3) is 0 Å². The zero-order chi connectivity index (χ0) is 15.4. The second kappa shape index (κ2) is 7.11. The summed E-state index contributed by atoms with van der Waals surface area (Å²) in [4.78, 5) is 25.5. The normalized spacial score (nSPS) is 15.9. The Balaban J connectivity index is 1.97. The number of piperidine rings is 1. The van der Waals surface area contributed by atoms with E-state index >= 15 is 0 Å². The quantitative estimate of drug-likeness (QED) is 0.816. The van der Waals surface area contributed by atoms with Crippen molar-refractivity contribution in [2.24, 2.45) is 5.92 Å². The second-order valence-corrected chi connectivity index (χ2v) is 5.76. The average Bonchev–Trinajstić information content (AvgIpc) is 2.51. The molecule has 1 saturated heterocycles. The van der Waals surface area contributed by atoms with E-state index < -0.39 is 11.8 Å². The van der Waals surface area contributed by atoms with Crippen LogP contribution in [0.4, 0.5) is 5.69 Å². The number of nitrogens with zero attached hydrogens (tertiary/aromatic N) is 1. The number of carbonyl (C=O) groups is 2. The number of amides is 2. The second-order valence-electron chi connectivity index (χ2n) is 4.97. The number of benzene rings is 1. The van der Waals surface area contributed by atoms with Gasteiger partial charge in [0.2, 0.25) is 0 Å². The molecule has 1 aliphatic rings. The molecule has 0 unspecified atom stereocenters. The lowest BCUT2D eigenvalue weighted by molar-refractivity contribution is -0.144. The predicted octanol–water partition coefficient (Wildman–Crippen LogP) is 2.16. The Kier molecular flexibility index (Phi) is 5.45. The highest BCUT2D eigenvalue weighted by atomic mass is 35.5. The van der Waals surface area contributed by atoms with Gasteiger partial charge in [0.05, 0.1) is 15.7 Å². The van der Waals surface area contributed by atoms with Crippen molar-refractivity contribution < 1.29 is 14.7 Å². The van der Waals surface area contributed by atoms with Crippen LogP contribution in [0.3, 0.4) is 0 Å². The molecule has 21 heavy (non-hydrogen) atoms. The molecule has 0 aliphatic carbocycles. The first-order valence-electron chi connectivity index (χ1n) is 6.68. The summed E-state index contributed by atoms with van der Waals surface area (Å²) < 4.78 is 0. The van der Waals surface area contributed by atoms with Crippen LogP contribution in [0.25, 0.3) is 0 Å². The van der Waals surface area contributed by atoms with Crippen molar-refractivity contribution in [3.63, 3.8) is 0 Å². The third kappa shape index (κ3) is 3.87. The van der Waals surface area contributed by atoms with Crippen molar-refractivity contribution in [2.75, 3.05) is 25.0 Å². The number of aliphatic hydroxyl groups excluding tert-OH is 1. The molecule has 0 bridgehead atoms. The summed E-state index contributed by atoms with van der Waals surface area (Å²) in [5.74, 6) is -1.12. The minimum absolute atomic E-state index is 0.117. The van der Waals surface area contributed by atoms with Crippen molar-refractivity contribution >= 4 is 40.7 Å². The van der Waals surface area contributed by atoms with Crippen LogP contribution in [0.1, 0.15) is 12.8 Å². The van der Waals surface area contributed by atoms with Gasteiger partial charge in [-0.05, 0) is 30.9 Å². The highest BCUT2D eigenvalue weighted by Gasteiger charge is 2.27. The Morgan fingerprint density at radius 1 is 1.29 bits per heavy atom. The number of halogens is 2. The summed E-state index contributed by atoms with van der Waals surface area (Å²) in [6, 6.07) is 4.82. The van der Waals surface area contributed by atoms with Crippen LogP contribution in [-0.4, -0.2) is 41.5 Å². The summed E-state index contributed by atoms with van der Waals surface area (Å²) in [6.07, 6.45) is 1.40. The summed E-state index contributed by atoms with van der Waals surface area (Å²) in [7, 11) is 0. The van der Waals surface area contributed by atoms with Crippen molar-refractivity contribution in [3.8, 4) is 0 Å². The van der Waals surface area contributed by atoms with Crippen molar-refractivity contribution in [1.29, 1.82) is 0 Å². The predicted molar refractivity (Wildman–Crippen MR) is 81.5 cm³/mol. The fraction of sp³-hybridized carbons (Fsp3) is 0.429. The van der Waals surface area contributed by atoms with Crippen molar-refractivity contribution in [1.82, 2.24) is 4.90 Å². The minimum atomic E-state index is -0.735. The Labute approximate surface area is 132 Å². The molecule has 114 valence electrons. The lowest BCUT2D eigenvalue weighted by Crippen LogP contribution is -2.44. The molecule has 2 rings (SSSR count). The van der Waals surface area contributed by atoms with E-state index in [2.05, 4.69) is 5.32 Å². The Hall–Kier alpha value is -1.30. The molecule has 1 heterocycles. The number of carbonyl (C=O) groups excluding carboxylic acids is 2. The van der Waals surface area contributed by atoms with Gasteiger partial charge >= 0.3 is 11.8 Å². The van der Waals surface area contributed by atoms with Crippen LogP contribution >= 0.6 is 23.2 Å². The van der Waals surface area contributed by atoms with Crippen LogP contribution < -0.4 is 5.32 Å². The first kappa shape index (κ1) is 16.1. The number of rotatable bonds is 2. The fourth-order valence-electron chi connectivity index (χ4n) is 2.24. The summed E-state index contributed by atoms with van der Waals surface area (Å²) >= 11 is 11.8. The van der Waals surface area contributed by atoms with E-state index in [9.17, 15) is 9.59 Å². The number of likely N-dealkylation sites (tertiary alicyclic amines) is 1. The highest BCUT2D eigenvalue weighted by molar-refractivity contribution is 6.45. The number of aliphatic hydroxyl groups is 1. The van der Waals surface area contributed by atoms with Gasteiger partial charge in [-0.15, -0.1) is 0 Å². The van der Waals surface area contributed by atoms with Gasteiger partial charge in [0, 0.05) is 19.7 Å². The van der Waals surface area contributed by atoms with E-state index in [1.165, 1.54) is 4.90 Å².